The van der Waals surface area contributed by atoms with Crippen LogP contribution in [0.25, 0.3) is 11.3 Å². The summed E-state index contributed by atoms with van der Waals surface area (Å²) < 4.78 is 0. The third-order valence-corrected chi connectivity index (χ3v) is 5.02. The highest BCUT2D eigenvalue weighted by atomic mass is 14.7. The van der Waals surface area contributed by atoms with E-state index in [0.29, 0.717) is 0 Å². The first-order valence-corrected chi connectivity index (χ1v) is 8.81. The van der Waals surface area contributed by atoms with E-state index in [1.807, 2.05) is 6.20 Å². The Balaban J connectivity index is 1.70. The molecule has 120 valence electrons. The van der Waals surface area contributed by atoms with Crippen LogP contribution in [-0.4, -0.2) is 4.98 Å². The van der Waals surface area contributed by atoms with Gasteiger partial charge in [0.15, 0.2) is 0 Å². The van der Waals surface area contributed by atoms with Crippen molar-refractivity contribution in [3.05, 3.63) is 65.9 Å². The molecule has 1 aromatic carbocycles. The van der Waals surface area contributed by atoms with E-state index in [2.05, 4.69) is 61.8 Å². The Morgan fingerprint density at radius 2 is 1.74 bits per heavy atom. The van der Waals surface area contributed by atoms with Gasteiger partial charge in [-0.15, -0.1) is 0 Å². The molecule has 1 aliphatic rings. The zero-order valence-corrected chi connectivity index (χ0v) is 14.4. The van der Waals surface area contributed by atoms with Crippen molar-refractivity contribution in [1.82, 2.24) is 4.98 Å². The van der Waals surface area contributed by atoms with Gasteiger partial charge in [-0.1, -0.05) is 62.2 Å². The number of nitrogens with zero attached hydrogens (tertiary/aromatic N) is 1. The summed E-state index contributed by atoms with van der Waals surface area (Å²) >= 11 is 0. The van der Waals surface area contributed by atoms with Crippen molar-refractivity contribution in [3.8, 4) is 11.3 Å². The summed E-state index contributed by atoms with van der Waals surface area (Å²) in [5.41, 5.74) is 6.17. The molecule has 1 fully saturated rings. The van der Waals surface area contributed by atoms with Gasteiger partial charge in [-0.3, -0.25) is 4.98 Å². The average Bonchev–Trinajstić information content (AvgIpc) is 2.56. The molecule has 0 spiro atoms. The van der Waals surface area contributed by atoms with Crippen LogP contribution in [-0.2, 0) is 6.42 Å². The summed E-state index contributed by atoms with van der Waals surface area (Å²) in [4.78, 5) is 4.61. The fourth-order valence-corrected chi connectivity index (χ4v) is 3.57. The minimum Gasteiger partial charge on any atom is -0.256 e. The molecule has 0 bridgehead atoms. The predicted molar refractivity (Wildman–Crippen MR) is 98.6 cm³/mol. The minimum atomic E-state index is 0.756. The minimum absolute atomic E-state index is 0.756. The molecule has 0 unspecified atom stereocenters. The Labute approximate surface area is 140 Å². The van der Waals surface area contributed by atoms with E-state index in [0.717, 1.165) is 24.0 Å². The average molecular weight is 305 g/mol. The van der Waals surface area contributed by atoms with Gasteiger partial charge in [0, 0.05) is 11.8 Å². The molecule has 0 saturated heterocycles. The van der Waals surface area contributed by atoms with Gasteiger partial charge in [0.2, 0.25) is 0 Å². The van der Waals surface area contributed by atoms with Gasteiger partial charge in [0.05, 0.1) is 5.69 Å². The molecular weight excluding hydrogens is 278 g/mol. The third-order valence-electron chi connectivity index (χ3n) is 5.02. The van der Waals surface area contributed by atoms with Crippen LogP contribution < -0.4 is 0 Å². The molecule has 1 saturated carbocycles. The monoisotopic (exact) mass is 305 g/mol. The standard InChI is InChI=1S/C22H27N/c1-16(2)14-18-6-13-22(23-15-18)21-11-9-20(10-12-21)19-7-4-17(3)5-8-19/h6,9-13,15,17,19H,1,4-5,7-8,14H2,2-3H3. The lowest BCUT2D eigenvalue weighted by Gasteiger charge is -2.26. The van der Waals surface area contributed by atoms with Crippen LogP contribution >= 0.6 is 0 Å². The normalized spacial score (nSPS) is 21.1. The molecule has 1 aliphatic carbocycles. The molecule has 0 atom stereocenters. The maximum atomic E-state index is 4.61. The van der Waals surface area contributed by atoms with Crippen LogP contribution in [0.15, 0.2) is 54.7 Å². The van der Waals surface area contributed by atoms with Crippen LogP contribution in [0.2, 0.25) is 0 Å². The Bertz CT molecular complexity index is 643. The molecule has 0 aliphatic heterocycles. The number of hydrogen-bond acceptors (Lipinski definition) is 1. The predicted octanol–water partition coefficient (Wildman–Crippen LogP) is 6.16. The first kappa shape index (κ1) is 16.0. The number of pyridine rings is 1. The van der Waals surface area contributed by atoms with Crippen LogP contribution in [0.3, 0.4) is 0 Å². The van der Waals surface area contributed by atoms with E-state index < -0.39 is 0 Å². The second-order valence-corrected chi connectivity index (χ2v) is 7.26. The van der Waals surface area contributed by atoms with E-state index in [1.165, 1.54) is 47.9 Å². The highest BCUT2D eigenvalue weighted by Gasteiger charge is 2.19. The van der Waals surface area contributed by atoms with E-state index in [9.17, 15) is 0 Å². The summed E-state index contributed by atoms with van der Waals surface area (Å²) in [5.74, 6) is 1.67. The summed E-state index contributed by atoms with van der Waals surface area (Å²) in [6.07, 6.45) is 8.31. The van der Waals surface area contributed by atoms with Gasteiger partial charge in [-0.2, -0.15) is 0 Å². The van der Waals surface area contributed by atoms with Crippen LogP contribution in [0.1, 0.15) is 56.6 Å². The van der Waals surface area contributed by atoms with E-state index in [1.54, 1.807) is 0 Å². The molecule has 23 heavy (non-hydrogen) atoms. The van der Waals surface area contributed by atoms with Gasteiger partial charge in [0.25, 0.3) is 0 Å². The fourth-order valence-electron chi connectivity index (χ4n) is 3.57. The van der Waals surface area contributed by atoms with Crippen molar-refractivity contribution in [2.75, 3.05) is 0 Å². The van der Waals surface area contributed by atoms with Crippen molar-refractivity contribution in [1.29, 1.82) is 0 Å². The lowest BCUT2D eigenvalue weighted by molar-refractivity contribution is 0.348. The second kappa shape index (κ2) is 7.12. The number of allylic oxidation sites excluding steroid dienone is 1. The van der Waals surface area contributed by atoms with Gasteiger partial charge < -0.3 is 0 Å². The highest BCUT2D eigenvalue weighted by molar-refractivity contribution is 5.59. The van der Waals surface area contributed by atoms with Crippen LogP contribution in [0.4, 0.5) is 0 Å². The summed E-state index contributed by atoms with van der Waals surface area (Å²) in [6, 6.07) is 13.4. The van der Waals surface area contributed by atoms with Crippen molar-refractivity contribution < 1.29 is 0 Å². The largest absolute Gasteiger partial charge is 0.256 e. The van der Waals surface area contributed by atoms with Crippen molar-refractivity contribution in [3.63, 3.8) is 0 Å². The summed E-state index contributed by atoms with van der Waals surface area (Å²) in [7, 11) is 0. The molecule has 1 heteroatoms. The van der Waals surface area contributed by atoms with E-state index in [4.69, 9.17) is 0 Å². The number of rotatable bonds is 4. The smallest absolute Gasteiger partial charge is 0.0702 e. The summed E-state index contributed by atoms with van der Waals surface area (Å²) in [6.45, 7) is 8.39. The topological polar surface area (TPSA) is 12.9 Å². The van der Waals surface area contributed by atoms with Crippen molar-refractivity contribution in [2.45, 2.75) is 51.9 Å². The molecule has 1 nitrogen and oxygen atoms in total. The molecular formula is C22H27N. The molecule has 1 aromatic heterocycles. The summed E-state index contributed by atoms with van der Waals surface area (Å²) in [5, 5.41) is 0. The molecule has 0 amide bonds. The Morgan fingerprint density at radius 3 is 2.30 bits per heavy atom. The van der Waals surface area contributed by atoms with Gasteiger partial charge in [-0.05, 0) is 55.2 Å². The molecule has 2 aromatic rings. The number of hydrogen-bond donors (Lipinski definition) is 0. The first-order valence-electron chi connectivity index (χ1n) is 8.81. The van der Waals surface area contributed by atoms with Gasteiger partial charge >= 0.3 is 0 Å². The highest BCUT2D eigenvalue weighted by Crippen LogP contribution is 2.36. The SMILES string of the molecule is C=C(C)Cc1ccc(-c2ccc(C3CCC(C)CC3)cc2)nc1. The lowest BCUT2D eigenvalue weighted by Crippen LogP contribution is -2.10. The Kier molecular flexibility index (Phi) is 4.95. The molecule has 1 heterocycles. The van der Waals surface area contributed by atoms with Gasteiger partial charge in [0.1, 0.15) is 0 Å². The Morgan fingerprint density at radius 1 is 1.04 bits per heavy atom. The molecule has 0 radical (unpaired) electrons. The fraction of sp³-hybridized carbons (Fsp3) is 0.409. The van der Waals surface area contributed by atoms with Gasteiger partial charge in [-0.25, -0.2) is 0 Å². The maximum absolute atomic E-state index is 4.61. The number of aromatic nitrogens is 1. The van der Waals surface area contributed by atoms with Crippen molar-refractivity contribution >= 4 is 0 Å². The lowest BCUT2D eigenvalue weighted by atomic mass is 9.79. The Hall–Kier alpha value is -1.89. The number of benzene rings is 1. The van der Waals surface area contributed by atoms with Crippen LogP contribution in [0, 0.1) is 5.92 Å². The molecule has 0 N–H and O–H groups in total. The second-order valence-electron chi connectivity index (χ2n) is 7.26. The maximum Gasteiger partial charge on any atom is 0.0702 e. The van der Waals surface area contributed by atoms with E-state index >= 15 is 0 Å². The molecule has 3 rings (SSSR count). The zero-order valence-electron chi connectivity index (χ0n) is 14.4. The first-order chi connectivity index (χ1) is 11.1. The quantitative estimate of drug-likeness (QED) is 0.616. The van der Waals surface area contributed by atoms with Crippen LogP contribution in [0.5, 0.6) is 0 Å². The zero-order chi connectivity index (χ0) is 16.2. The third kappa shape index (κ3) is 4.10. The van der Waals surface area contributed by atoms with Crippen molar-refractivity contribution in [2.24, 2.45) is 5.92 Å². The van der Waals surface area contributed by atoms with E-state index in [-0.39, 0.29) is 0 Å².